The van der Waals surface area contributed by atoms with Crippen molar-refractivity contribution in [2.75, 3.05) is 6.61 Å². The van der Waals surface area contributed by atoms with Gasteiger partial charge in [-0.2, -0.15) is 0 Å². The quantitative estimate of drug-likeness (QED) is 0.518. The van der Waals surface area contributed by atoms with Gasteiger partial charge in [-0.05, 0) is 56.8 Å². The zero-order chi connectivity index (χ0) is 19.0. The molecule has 0 bridgehead atoms. The Labute approximate surface area is 162 Å². The fourth-order valence-electron chi connectivity index (χ4n) is 7.12. The number of carbonyl (C=O) groups is 1. The first-order chi connectivity index (χ1) is 13.1. The third-order valence-electron chi connectivity index (χ3n) is 8.13. The van der Waals surface area contributed by atoms with Crippen LogP contribution < -0.4 is 0 Å². The second-order valence-corrected chi connectivity index (χ2v) is 9.33. The molecule has 4 fully saturated rings. The van der Waals surface area contributed by atoms with Crippen molar-refractivity contribution < 1.29 is 20.1 Å². The van der Waals surface area contributed by atoms with Crippen LogP contribution in [0.1, 0.15) is 70.6 Å². The van der Waals surface area contributed by atoms with Gasteiger partial charge < -0.3 is 15.3 Å². The van der Waals surface area contributed by atoms with Gasteiger partial charge in [0.25, 0.3) is 0 Å². The second kappa shape index (κ2) is 7.84. The predicted molar refractivity (Wildman–Crippen MR) is 103 cm³/mol. The number of carboxylic acids is 1. The number of carboxylic acid groups (broad SMARTS) is 1. The number of aliphatic hydroxyl groups is 2. The standard InChI is InChI=1S/C22H35NO4/c24-12-6-10-17-18-13-16-9-5-11-22(21(26)27,15-7-3-1-2-4-8-15)23(16)19(18)14-20(17)25/h6,10,15-20,24-25H,1-5,7-9,11-14H2,(H,26,27)/t16?,17-,18-,19-,20-,22?/m1/s1. The van der Waals surface area contributed by atoms with Crippen LogP contribution in [0.5, 0.6) is 0 Å². The Hall–Kier alpha value is -0.910. The molecule has 2 unspecified atom stereocenters. The highest BCUT2D eigenvalue weighted by Gasteiger charge is 2.62. The average molecular weight is 378 g/mol. The van der Waals surface area contributed by atoms with E-state index in [1.54, 1.807) is 6.08 Å². The van der Waals surface area contributed by atoms with Crippen LogP contribution in [0.4, 0.5) is 0 Å². The monoisotopic (exact) mass is 377 g/mol. The molecule has 0 amide bonds. The van der Waals surface area contributed by atoms with Gasteiger partial charge in [-0.15, -0.1) is 0 Å². The Morgan fingerprint density at radius 3 is 2.48 bits per heavy atom. The Balaban J connectivity index is 1.68. The van der Waals surface area contributed by atoms with Crippen LogP contribution >= 0.6 is 0 Å². The van der Waals surface area contributed by atoms with E-state index in [9.17, 15) is 15.0 Å². The molecule has 3 N–H and O–H groups in total. The summed E-state index contributed by atoms with van der Waals surface area (Å²) in [5, 5.41) is 30.3. The lowest BCUT2D eigenvalue weighted by atomic mass is 9.71. The van der Waals surface area contributed by atoms with E-state index in [1.807, 2.05) is 6.08 Å². The zero-order valence-electron chi connectivity index (χ0n) is 16.3. The molecule has 2 saturated carbocycles. The largest absolute Gasteiger partial charge is 0.480 e. The van der Waals surface area contributed by atoms with E-state index in [4.69, 9.17) is 5.11 Å². The lowest BCUT2D eigenvalue weighted by Crippen LogP contribution is -2.65. The fourth-order valence-corrected chi connectivity index (χ4v) is 7.12. The smallest absolute Gasteiger partial charge is 0.324 e. The van der Waals surface area contributed by atoms with Gasteiger partial charge in [0.1, 0.15) is 5.54 Å². The van der Waals surface area contributed by atoms with Gasteiger partial charge in [0.05, 0.1) is 12.7 Å². The third-order valence-corrected chi connectivity index (χ3v) is 8.13. The van der Waals surface area contributed by atoms with Crippen LogP contribution in [0.15, 0.2) is 12.2 Å². The van der Waals surface area contributed by atoms with Crippen molar-refractivity contribution in [3.63, 3.8) is 0 Å². The molecule has 0 spiro atoms. The van der Waals surface area contributed by atoms with Crippen LogP contribution in [0, 0.1) is 17.8 Å². The topological polar surface area (TPSA) is 81.0 Å². The summed E-state index contributed by atoms with van der Waals surface area (Å²) >= 11 is 0. The van der Waals surface area contributed by atoms with Gasteiger partial charge in [0.2, 0.25) is 0 Å². The van der Waals surface area contributed by atoms with Crippen LogP contribution in [-0.4, -0.2) is 56.5 Å². The Morgan fingerprint density at radius 1 is 1.07 bits per heavy atom. The molecule has 2 saturated heterocycles. The highest BCUT2D eigenvalue weighted by atomic mass is 16.4. The van der Waals surface area contributed by atoms with E-state index in [-0.39, 0.29) is 24.5 Å². The molecule has 6 atom stereocenters. The lowest BCUT2D eigenvalue weighted by Gasteiger charge is -2.52. The van der Waals surface area contributed by atoms with Crippen LogP contribution in [0.2, 0.25) is 0 Å². The number of fused-ring (bicyclic) bond motifs is 3. The van der Waals surface area contributed by atoms with Crippen molar-refractivity contribution in [1.29, 1.82) is 0 Å². The fraction of sp³-hybridized carbons (Fsp3) is 0.864. The zero-order valence-corrected chi connectivity index (χ0v) is 16.3. The normalized spacial score (nSPS) is 43.6. The van der Waals surface area contributed by atoms with Crippen molar-refractivity contribution >= 4 is 5.97 Å². The first-order valence-electron chi connectivity index (χ1n) is 11.1. The molecule has 4 rings (SSSR count). The summed E-state index contributed by atoms with van der Waals surface area (Å²) in [5.74, 6) is -0.0180. The predicted octanol–water partition coefficient (Wildman–Crippen LogP) is 2.95. The van der Waals surface area contributed by atoms with Crippen molar-refractivity contribution in [1.82, 2.24) is 4.90 Å². The maximum absolute atomic E-state index is 12.8. The van der Waals surface area contributed by atoms with Crippen LogP contribution in [0.3, 0.4) is 0 Å². The molecule has 152 valence electrons. The van der Waals surface area contributed by atoms with Gasteiger partial charge in [-0.1, -0.05) is 37.8 Å². The maximum Gasteiger partial charge on any atom is 0.324 e. The summed E-state index contributed by atoms with van der Waals surface area (Å²) < 4.78 is 0. The molecule has 0 aromatic heterocycles. The van der Waals surface area contributed by atoms with Gasteiger partial charge in [0.15, 0.2) is 0 Å². The third kappa shape index (κ3) is 3.16. The molecule has 5 heteroatoms. The summed E-state index contributed by atoms with van der Waals surface area (Å²) in [5.41, 5.74) is -0.734. The number of aliphatic carboxylic acids is 1. The van der Waals surface area contributed by atoms with Crippen molar-refractivity contribution in [3.8, 4) is 0 Å². The van der Waals surface area contributed by atoms with E-state index in [2.05, 4.69) is 4.90 Å². The Kier molecular flexibility index (Phi) is 5.64. The average Bonchev–Trinajstić information content (AvgIpc) is 3.00. The number of hydrogen-bond acceptors (Lipinski definition) is 4. The SMILES string of the molecule is O=C(O)C1(C2CCCCCC2)CCCC2C[C@@H]3[C@@H](C=CCO)[C@H](O)C[C@H]3N21. The summed E-state index contributed by atoms with van der Waals surface area (Å²) in [7, 11) is 0. The van der Waals surface area contributed by atoms with Crippen molar-refractivity contribution in [2.45, 2.75) is 94.4 Å². The van der Waals surface area contributed by atoms with Crippen LogP contribution in [0.25, 0.3) is 0 Å². The Morgan fingerprint density at radius 2 is 1.81 bits per heavy atom. The summed E-state index contributed by atoms with van der Waals surface area (Å²) in [6, 6.07) is 0.503. The molecule has 4 aliphatic rings. The molecule has 2 aliphatic carbocycles. The minimum Gasteiger partial charge on any atom is -0.480 e. The molecule has 2 aliphatic heterocycles. The number of nitrogens with zero attached hydrogens (tertiary/aromatic N) is 1. The van der Waals surface area contributed by atoms with E-state index in [1.165, 1.54) is 12.8 Å². The number of aliphatic hydroxyl groups excluding tert-OH is 2. The van der Waals surface area contributed by atoms with Gasteiger partial charge in [-0.25, -0.2) is 0 Å². The summed E-state index contributed by atoms with van der Waals surface area (Å²) in [6.07, 6.45) is 14.6. The lowest BCUT2D eigenvalue weighted by molar-refractivity contribution is -0.165. The van der Waals surface area contributed by atoms with Gasteiger partial charge in [0, 0.05) is 18.0 Å². The maximum atomic E-state index is 12.8. The van der Waals surface area contributed by atoms with Crippen LogP contribution in [-0.2, 0) is 4.79 Å². The minimum atomic E-state index is -0.734. The van der Waals surface area contributed by atoms with E-state index < -0.39 is 17.6 Å². The first-order valence-corrected chi connectivity index (χ1v) is 11.1. The highest BCUT2D eigenvalue weighted by Crippen LogP contribution is 2.55. The van der Waals surface area contributed by atoms with Gasteiger partial charge >= 0.3 is 5.97 Å². The van der Waals surface area contributed by atoms with Crippen molar-refractivity contribution in [2.24, 2.45) is 17.8 Å². The number of piperidine rings is 1. The molecule has 0 aromatic carbocycles. The minimum absolute atomic E-state index is 0.00507. The molecule has 2 heterocycles. The highest BCUT2D eigenvalue weighted by molar-refractivity contribution is 5.80. The molecule has 0 radical (unpaired) electrons. The summed E-state index contributed by atoms with van der Waals surface area (Å²) in [4.78, 5) is 15.2. The van der Waals surface area contributed by atoms with E-state index >= 15 is 0 Å². The first kappa shape index (κ1) is 19.4. The van der Waals surface area contributed by atoms with E-state index in [0.29, 0.717) is 18.4 Å². The van der Waals surface area contributed by atoms with Crippen molar-refractivity contribution in [3.05, 3.63) is 12.2 Å². The molecule has 27 heavy (non-hydrogen) atoms. The van der Waals surface area contributed by atoms with Gasteiger partial charge in [-0.3, -0.25) is 9.69 Å². The van der Waals surface area contributed by atoms with E-state index in [0.717, 1.165) is 51.4 Å². The number of rotatable bonds is 4. The second-order valence-electron chi connectivity index (χ2n) is 9.33. The molecule has 5 nitrogen and oxygen atoms in total. The molecule has 0 aromatic rings. The Bertz CT molecular complexity index is 571. The number of hydrogen-bond donors (Lipinski definition) is 3. The molecular weight excluding hydrogens is 342 g/mol. The summed E-state index contributed by atoms with van der Waals surface area (Å²) in [6.45, 7) is -0.00507. The molecular formula is C22H35NO4.